The summed E-state index contributed by atoms with van der Waals surface area (Å²) in [6.07, 6.45) is 7.65. The highest BCUT2D eigenvalue weighted by Gasteiger charge is 2.42. The maximum Gasteiger partial charge on any atom is 0.293 e. The largest absolute Gasteiger partial charge is 0.334 e. The van der Waals surface area contributed by atoms with E-state index in [1.807, 2.05) is 4.90 Å². The Balaban J connectivity index is 1.77. The number of nitrogens with zero attached hydrogens (tertiary/aromatic N) is 5. The first-order valence-corrected chi connectivity index (χ1v) is 8.04. The van der Waals surface area contributed by atoms with Crippen LogP contribution in [0.1, 0.15) is 49.6 Å². The van der Waals surface area contributed by atoms with E-state index in [1.165, 1.54) is 32.2 Å². The summed E-state index contributed by atoms with van der Waals surface area (Å²) in [4.78, 5) is 21.3. The van der Waals surface area contributed by atoms with Gasteiger partial charge in [0.25, 0.3) is 5.91 Å². The second-order valence-electron chi connectivity index (χ2n) is 6.33. The Labute approximate surface area is 126 Å². The zero-order chi connectivity index (χ0) is 14.9. The molecule has 0 bridgehead atoms. The normalized spacial score (nSPS) is 27.2. The van der Waals surface area contributed by atoms with Crippen LogP contribution in [0.4, 0.5) is 0 Å². The van der Waals surface area contributed by atoms with Crippen molar-refractivity contribution < 1.29 is 4.79 Å². The maximum absolute atomic E-state index is 12.6. The second-order valence-corrected chi connectivity index (χ2v) is 6.33. The molecule has 0 saturated carbocycles. The molecule has 1 unspecified atom stereocenters. The fraction of sp³-hybridized carbons (Fsp3) is 0.800. The number of likely N-dealkylation sites (N-methyl/N-ethyl adjacent to an activating group) is 1. The van der Waals surface area contributed by atoms with Crippen molar-refractivity contribution in [3.8, 4) is 0 Å². The van der Waals surface area contributed by atoms with Gasteiger partial charge < -0.3 is 4.90 Å². The summed E-state index contributed by atoms with van der Waals surface area (Å²) in [5.74, 6) is 0.310. The molecule has 21 heavy (non-hydrogen) atoms. The molecule has 2 fully saturated rings. The van der Waals surface area contributed by atoms with Crippen molar-refractivity contribution in [2.75, 3.05) is 26.2 Å². The molecule has 2 aliphatic rings. The van der Waals surface area contributed by atoms with Gasteiger partial charge in [-0.15, -0.1) is 5.10 Å². The van der Waals surface area contributed by atoms with Gasteiger partial charge in [0.1, 0.15) is 6.33 Å². The molecule has 0 aliphatic carbocycles. The number of hydrogen-bond donors (Lipinski definition) is 0. The summed E-state index contributed by atoms with van der Waals surface area (Å²) < 4.78 is 1.59. The Morgan fingerprint density at radius 1 is 1.29 bits per heavy atom. The number of likely N-dealkylation sites (tertiary alicyclic amines) is 2. The third kappa shape index (κ3) is 2.69. The number of carbonyl (C=O) groups excluding carboxylic acids is 1. The first kappa shape index (κ1) is 14.5. The molecule has 0 radical (unpaired) electrons. The topological polar surface area (TPSA) is 54.3 Å². The summed E-state index contributed by atoms with van der Waals surface area (Å²) in [5.41, 5.74) is 0.190. The first-order chi connectivity index (χ1) is 10.1. The molecule has 0 N–H and O–H groups in total. The fourth-order valence-electron chi connectivity index (χ4n) is 3.97. The minimum absolute atomic E-state index is 0.0173. The highest BCUT2D eigenvalue weighted by Crippen LogP contribution is 2.36. The highest BCUT2D eigenvalue weighted by atomic mass is 16.2. The van der Waals surface area contributed by atoms with Crippen LogP contribution in [-0.2, 0) is 7.05 Å². The molecule has 2 aliphatic heterocycles. The van der Waals surface area contributed by atoms with Gasteiger partial charge in [0.15, 0.2) is 0 Å². The molecular weight excluding hydrogens is 266 g/mol. The Morgan fingerprint density at radius 2 is 2.10 bits per heavy atom. The predicted octanol–water partition coefficient (Wildman–Crippen LogP) is 1.30. The van der Waals surface area contributed by atoms with Crippen LogP contribution in [0, 0.1) is 0 Å². The third-order valence-corrected chi connectivity index (χ3v) is 5.01. The van der Waals surface area contributed by atoms with E-state index in [-0.39, 0.29) is 11.4 Å². The van der Waals surface area contributed by atoms with Gasteiger partial charge in [-0.2, -0.15) is 0 Å². The molecule has 3 rings (SSSR count). The molecule has 0 aromatic carbocycles. The molecule has 1 aromatic rings. The number of aromatic nitrogens is 3. The highest BCUT2D eigenvalue weighted by molar-refractivity contribution is 5.90. The summed E-state index contributed by atoms with van der Waals surface area (Å²) >= 11 is 0. The third-order valence-electron chi connectivity index (χ3n) is 5.01. The van der Waals surface area contributed by atoms with Gasteiger partial charge in [0.2, 0.25) is 5.82 Å². The van der Waals surface area contributed by atoms with Crippen molar-refractivity contribution in [1.29, 1.82) is 0 Å². The van der Waals surface area contributed by atoms with E-state index in [2.05, 4.69) is 21.9 Å². The maximum atomic E-state index is 12.6. The molecule has 116 valence electrons. The number of piperidine rings is 2. The van der Waals surface area contributed by atoms with Gasteiger partial charge in [-0.05, 0) is 38.8 Å². The van der Waals surface area contributed by atoms with Crippen molar-refractivity contribution in [1.82, 2.24) is 24.6 Å². The van der Waals surface area contributed by atoms with Crippen LogP contribution in [0.5, 0.6) is 0 Å². The van der Waals surface area contributed by atoms with Crippen LogP contribution in [0.3, 0.4) is 0 Å². The van der Waals surface area contributed by atoms with E-state index in [9.17, 15) is 4.79 Å². The zero-order valence-corrected chi connectivity index (χ0v) is 13.1. The Kier molecular flexibility index (Phi) is 3.97. The molecule has 1 atom stereocenters. The van der Waals surface area contributed by atoms with Gasteiger partial charge in [0, 0.05) is 25.7 Å². The van der Waals surface area contributed by atoms with Crippen molar-refractivity contribution in [2.24, 2.45) is 7.05 Å². The van der Waals surface area contributed by atoms with Gasteiger partial charge in [0.05, 0.1) is 0 Å². The van der Waals surface area contributed by atoms with Crippen molar-refractivity contribution >= 4 is 5.91 Å². The Bertz CT molecular complexity index is 510. The fourth-order valence-corrected chi connectivity index (χ4v) is 3.97. The average molecular weight is 291 g/mol. The van der Waals surface area contributed by atoms with E-state index >= 15 is 0 Å². The van der Waals surface area contributed by atoms with Crippen LogP contribution >= 0.6 is 0 Å². The minimum Gasteiger partial charge on any atom is -0.334 e. The number of aryl methyl sites for hydroxylation is 1. The number of amides is 1. The summed E-state index contributed by atoms with van der Waals surface area (Å²) in [5, 5.41) is 4.16. The lowest BCUT2D eigenvalue weighted by Gasteiger charge is -2.52. The minimum atomic E-state index is -0.0173. The lowest BCUT2D eigenvalue weighted by Crippen LogP contribution is -2.61. The zero-order valence-electron chi connectivity index (χ0n) is 13.1. The van der Waals surface area contributed by atoms with Gasteiger partial charge in [-0.25, -0.2) is 4.98 Å². The van der Waals surface area contributed by atoms with Gasteiger partial charge >= 0.3 is 0 Å². The number of carbonyl (C=O) groups is 1. The Hall–Kier alpha value is -1.43. The van der Waals surface area contributed by atoms with Crippen molar-refractivity contribution in [2.45, 2.75) is 44.6 Å². The summed E-state index contributed by atoms with van der Waals surface area (Å²) in [6.45, 7) is 6.13. The molecule has 6 heteroatoms. The van der Waals surface area contributed by atoms with Crippen molar-refractivity contribution in [3.63, 3.8) is 0 Å². The lowest BCUT2D eigenvalue weighted by molar-refractivity contribution is -0.00952. The molecule has 1 amide bonds. The SMILES string of the molecule is CCN1CCCCC12CCCN(C(=O)c1ncn(C)n1)C2. The number of rotatable bonds is 2. The number of hydrogen-bond acceptors (Lipinski definition) is 4. The Morgan fingerprint density at radius 3 is 2.81 bits per heavy atom. The predicted molar refractivity (Wildman–Crippen MR) is 80.0 cm³/mol. The molecule has 6 nitrogen and oxygen atoms in total. The van der Waals surface area contributed by atoms with Crippen LogP contribution < -0.4 is 0 Å². The van der Waals surface area contributed by atoms with Crippen LogP contribution in [0.15, 0.2) is 6.33 Å². The van der Waals surface area contributed by atoms with E-state index < -0.39 is 0 Å². The van der Waals surface area contributed by atoms with E-state index in [4.69, 9.17) is 0 Å². The van der Waals surface area contributed by atoms with Crippen molar-refractivity contribution in [3.05, 3.63) is 12.2 Å². The average Bonchev–Trinajstić information content (AvgIpc) is 2.93. The quantitative estimate of drug-likeness (QED) is 0.824. The van der Waals surface area contributed by atoms with Crippen LogP contribution in [0.25, 0.3) is 0 Å². The standard InChI is InChI=1S/C15H25N5O/c1-3-20-10-5-4-7-15(20)8-6-9-19(11-15)14(21)13-16-12-18(2)17-13/h12H,3-11H2,1-2H3. The monoisotopic (exact) mass is 291 g/mol. The lowest BCUT2D eigenvalue weighted by atomic mass is 9.79. The van der Waals surface area contributed by atoms with E-state index in [0.29, 0.717) is 5.82 Å². The molecule has 2 saturated heterocycles. The second kappa shape index (κ2) is 5.75. The van der Waals surface area contributed by atoms with Gasteiger partial charge in [-0.3, -0.25) is 14.4 Å². The molecule has 3 heterocycles. The van der Waals surface area contributed by atoms with Gasteiger partial charge in [-0.1, -0.05) is 13.3 Å². The molecular formula is C15H25N5O. The van der Waals surface area contributed by atoms with Crippen LogP contribution in [0.2, 0.25) is 0 Å². The van der Waals surface area contributed by atoms with Crippen LogP contribution in [-0.4, -0.2) is 62.2 Å². The first-order valence-electron chi connectivity index (χ1n) is 8.04. The molecule has 1 spiro atoms. The molecule has 1 aromatic heterocycles. The summed E-state index contributed by atoms with van der Waals surface area (Å²) in [6, 6.07) is 0. The smallest absolute Gasteiger partial charge is 0.293 e. The van der Waals surface area contributed by atoms with E-state index in [1.54, 1.807) is 18.1 Å². The summed E-state index contributed by atoms with van der Waals surface area (Å²) in [7, 11) is 1.79. The van der Waals surface area contributed by atoms with E-state index in [0.717, 1.165) is 26.1 Å².